The Morgan fingerprint density at radius 1 is 1.09 bits per heavy atom. The molecular weight excluding hydrogens is 294 g/mol. The zero-order valence-electron chi connectivity index (χ0n) is 13.0. The van der Waals surface area contributed by atoms with Gasteiger partial charge >= 0.3 is 5.97 Å². The van der Waals surface area contributed by atoms with Crippen molar-refractivity contribution in [2.75, 3.05) is 19.1 Å². The Balaban J connectivity index is 2.05. The molecule has 0 aliphatic carbocycles. The van der Waals surface area contributed by atoms with Crippen molar-refractivity contribution in [2.45, 2.75) is 12.5 Å². The first kappa shape index (κ1) is 13.8. The summed E-state index contributed by atoms with van der Waals surface area (Å²) in [4.78, 5) is 26.9. The summed E-state index contributed by atoms with van der Waals surface area (Å²) >= 11 is 0. The number of aryl methyl sites for hydroxylation is 1. The molecule has 116 valence electrons. The van der Waals surface area contributed by atoms with Gasteiger partial charge in [0.15, 0.2) is 0 Å². The molecule has 2 aromatic carbocycles. The summed E-state index contributed by atoms with van der Waals surface area (Å²) in [6.07, 6.45) is 0. The number of carbonyl (C=O) groups is 2. The first-order valence-corrected chi connectivity index (χ1v) is 7.30. The average Bonchev–Trinajstić information content (AvgIpc) is 2.96. The van der Waals surface area contributed by atoms with Gasteiger partial charge in [-0.2, -0.15) is 0 Å². The van der Waals surface area contributed by atoms with Crippen molar-refractivity contribution >= 4 is 17.6 Å². The second kappa shape index (κ2) is 4.35. The highest BCUT2D eigenvalue weighted by Gasteiger charge is 2.59. The van der Waals surface area contributed by atoms with E-state index in [1.165, 1.54) is 4.90 Å². The van der Waals surface area contributed by atoms with Crippen molar-refractivity contribution in [3.8, 4) is 5.75 Å². The average molecular weight is 309 g/mol. The van der Waals surface area contributed by atoms with Gasteiger partial charge < -0.3 is 14.4 Å². The first-order chi connectivity index (χ1) is 11.0. The number of carbonyl (C=O) groups excluding carboxylic acids is 2. The molecule has 4 rings (SSSR count). The summed E-state index contributed by atoms with van der Waals surface area (Å²) in [7, 11) is 3.25. The third kappa shape index (κ3) is 1.56. The molecule has 0 aromatic heterocycles. The fourth-order valence-electron chi connectivity index (χ4n) is 3.42. The minimum Gasteiger partial charge on any atom is -0.497 e. The highest BCUT2D eigenvalue weighted by Crippen LogP contribution is 2.51. The van der Waals surface area contributed by atoms with Crippen LogP contribution in [0.5, 0.6) is 5.75 Å². The number of amides is 1. The normalized spacial score (nSPS) is 21.4. The van der Waals surface area contributed by atoms with Crippen LogP contribution in [0.4, 0.5) is 5.69 Å². The Morgan fingerprint density at radius 3 is 2.61 bits per heavy atom. The standard InChI is InChI=1S/C18H15NO4/c1-10-4-6-13-12(8-10)16(20)23-18(13)14-9-11(22-3)5-7-15(14)19(2)17(18)21/h4-9H,1-3H3. The smallest absolute Gasteiger partial charge is 0.340 e. The Bertz CT molecular complexity index is 873. The van der Waals surface area contributed by atoms with Crippen molar-refractivity contribution in [2.24, 2.45) is 0 Å². The monoisotopic (exact) mass is 309 g/mol. The zero-order valence-corrected chi connectivity index (χ0v) is 13.0. The summed E-state index contributed by atoms with van der Waals surface area (Å²) in [5, 5.41) is 0. The summed E-state index contributed by atoms with van der Waals surface area (Å²) in [5.74, 6) is -0.124. The lowest BCUT2D eigenvalue weighted by Crippen LogP contribution is -2.39. The number of likely N-dealkylation sites (N-methyl/N-ethyl adjacent to an activating group) is 1. The lowest BCUT2D eigenvalue weighted by atomic mass is 9.86. The van der Waals surface area contributed by atoms with E-state index in [1.807, 2.05) is 13.0 Å². The number of nitrogens with zero attached hydrogens (tertiary/aromatic N) is 1. The number of hydrogen-bond donors (Lipinski definition) is 0. The van der Waals surface area contributed by atoms with Crippen LogP contribution in [0.3, 0.4) is 0 Å². The van der Waals surface area contributed by atoms with Gasteiger partial charge in [0.05, 0.1) is 18.4 Å². The number of benzene rings is 2. The zero-order chi connectivity index (χ0) is 16.4. The van der Waals surface area contributed by atoms with Crippen LogP contribution in [0, 0.1) is 6.92 Å². The number of anilines is 1. The molecular formula is C18H15NO4. The molecule has 5 nitrogen and oxygen atoms in total. The molecule has 2 aliphatic rings. The van der Waals surface area contributed by atoms with Gasteiger partial charge in [0, 0.05) is 18.2 Å². The molecule has 23 heavy (non-hydrogen) atoms. The van der Waals surface area contributed by atoms with Crippen molar-refractivity contribution in [1.82, 2.24) is 0 Å². The maximum Gasteiger partial charge on any atom is 0.340 e. The van der Waals surface area contributed by atoms with Crippen LogP contribution in [0.25, 0.3) is 0 Å². The Morgan fingerprint density at radius 2 is 1.87 bits per heavy atom. The molecule has 0 saturated heterocycles. The minimum absolute atomic E-state index is 0.267. The molecule has 2 aliphatic heterocycles. The van der Waals surface area contributed by atoms with Crippen molar-refractivity contribution in [3.05, 3.63) is 58.7 Å². The van der Waals surface area contributed by atoms with Gasteiger partial charge in [-0.3, -0.25) is 4.79 Å². The third-order valence-corrected chi connectivity index (χ3v) is 4.57. The van der Waals surface area contributed by atoms with Gasteiger partial charge in [0.25, 0.3) is 5.91 Å². The highest BCUT2D eigenvalue weighted by atomic mass is 16.6. The number of hydrogen-bond acceptors (Lipinski definition) is 4. The lowest BCUT2D eigenvalue weighted by Gasteiger charge is -2.22. The maximum atomic E-state index is 13.0. The molecule has 0 N–H and O–H groups in total. The first-order valence-electron chi connectivity index (χ1n) is 7.30. The van der Waals surface area contributed by atoms with E-state index in [0.717, 1.165) is 11.3 Å². The molecule has 2 aromatic rings. The van der Waals surface area contributed by atoms with Crippen LogP contribution in [0.2, 0.25) is 0 Å². The number of ether oxygens (including phenoxy) is 2. The highest BCUT2D eigenvalue weighted by molar-refractivity contribution is 6.14. The van der Waals surface area contributed by atoms with E-state index in [-0.39, 0.29) is 5.91 Å². The molecule has 1 atom stereocenters. The van der Waals surface area contributed by atoms with Crippen LogP contribution in [-0.4, -0.2) is 26.0 Å². The molecule has 1 amide bonds. The van der Waals surface area contributed by atoms with E-state index in [0.29, 0.717) is 22.4 Å². The number of methoxy groups -OCH3 is 1. The predicted octanol–water partition coefficient (Wildman–Crippen LogP) is 2.39. The van der Waals surface area contributed by atoms with Gasteiger partial charge in [0.2, 0.25) is 5.60 Å². The van der Waals surface area contributed by atoms with E-state index in [9.17, 15) is 9.59 Å². The second-order valence-corrected chi connectivity index (χ2v) is 5.87. The molecule has 1 spiro atoms. The molecule has 1 unspecified atom stereocenters. The van der Waals surface area contributed by atoms with E-state index >= 15 is 0 Å². The second-order valence-electron chi connectivity index (χ2n) is 5.87. The fourth-order valence-corrected chi connectivity index (χ4v) is 3.42. The summed E-state index contributed by atoms with van der Waals surface area (Å²) in [5.41, 5.74) is 1.94. The molecule has 5 heteroatoms. The minimum atomic E-state index is -1.40. The Hall–Kier alpha value is -2.82. The van der Waals surface area contributed by atoms with Gasteiger partial charge in [-0.05, 0) is 31.2 Å². The lowest BCUT2D eigenvalue weighted by molar-refractivity contribution is -0.131. The number of rotatable bonds is 1. The van der Waals surface area contributed by atoms with Crippen LogP contribution in [0.1, 0.15) is 27.0 Å². The molecule has 0 fully saturated rings. The number of fused-ring (bicyclic) bond motifs is 4. The van der Waals surface area contributed by atoms with Gasteiger partial charge in [-0.25, -0.2) is 4.79 Å². The molecule has 0 saturated carbocycles. The van der Waals surface area contributed by atoms with Crippen LogP contribution >= 0.6 is 0 Å². The third-order valence-electron chi connectivity index (χ3n) is 4.57. The van der Waals surface area contributed by atoms with E-state index in [4.69, 9.17) is 9.47 Å². The molecule has 0 bridgehead atoms. The summed E-state index contributed by atoms with van der Waals surface area (Å²) in [6.45, 7) is 1.90. The predicted molar refractivity (Wildman–Crippen MR) is 83.8 cm³/mol. The fraction of sp³-hybridized carbons (Fsp3) is 0.222. The Kier molecular flexibility index (Phi) is 2.61. The largest absolute Gasteiger partial charge is 0.497 e. The van der Waals surface area contributed by atoms with Crippen molar-refractivity contribution in [3.63, 3.8) is 0 Å². The van der Waals surface area contributed by atoms with Crippen molar-refractivity contribution < 1.29 is 19.1 Å². The Labute approximate surface area is 133 Å². The number of esters is 1. The van der Waals surface area contributed by atoms with Gasteiger partial charge in [0.1, 0.15) is 5.75 Å². The van der Waals surface area contributed by atoms with Crippen LogP contribution in [-0.2, 0) is 15.1 Å². The summed E-state index contributed by atoms with van der Waals surface area (Å²) in [6, 6.07) is 10.8. The van der Waals surface area contributed by atoms with Crippen LogP contribution < -0.4 is 9.64 Å². The van der Waals surface area contributed by atoms with Crippen LogP contribution in [0.15, 0.2) is 36.4 Å². The van der Waals surface area contributed by atoms with Gasteiger partial charge in [-0.1, -0.05) is 17.7 Å². The molecule has 2 heterocycles. The van der Waals surface area contributed by atoms with Crippen molar-refractivity contribution in [1.29, 1.82) is 0 Å². The maximum absolute atomic E-state index is 13.0. The van der Waals surface area contributed by atoms with E-state index < -0.39 is 11.6 Å². The van der Waals surface area contributed by atoms with E-state index in [2.05, 4.69) is 0 Å². The quantitative estimate of drug-likeness (QED) is 0.759. The topological polar surface area (TPSA) is 55.8 Å². The molecule has 0 radical (unpaired) electrons. The van der Waals surface area contributed by atoms with Gasteiger partial charge in [-0.15, -0.1) is 0 Å². The SMILES string of the molecule is COc1ccc2c(c1)C1(OC(=O)c3cc(C)ccc31)C(=O)N2C. The van der Waals surface area contributed by atoms with E-state index in [1.54, 1.807) is 44.5 Å². The summed E-state index contributed by atoms with van der Waals surface area (Å²) < 4.78 is 10.9.